The molecule has 0 radical (unpaired) electrons. The van der Waals surface area contributed by atoms with Gasteiger partial charge in [-0.05, 0) is 46.1 Å². The fraction of sp³-hybridized carbons (Fsp3) is 0.688. The van der Waals surface area contributed by atoms with E-state index in [0.717, 1.165) is 11.4 Å². The minimum Gasteiger partial charge on any atom is -0.383 e. The van der Waals surface area contributed by atoms with Crippen molar-refractivity contribution in [1.82, 2.24) is 10.6 Å². The molecule has 0 aliphatic heterocycles. The van der Waals surface area contributed by atoms with Crippen molar-refractivity contribution in [3.05, 3.63) is 22.4 Å². The highest BCUT2D eigenvalue weighted by Gasteiger charge is 2.24. The molecule has 1 heterocycles. The van der Waals surface area contributed by atoms with Crippen molar-refractivity contribution in [3.8, 4) is 0 Å². The summed E-state index contributed by atoms with van der Waals surface area (Å²) < 4.78 is 11.8. The lowest BCUT2D eigenvalue weighted by Crippen LogP contribution is -2.41. The van der Waals surface area contributed by atoms with Crippen LogP contribution in [-0.2, 0) is 16.4 Å². The zero-order valence-corrected chi connectivity index (χ0v) is 16.3. The van der Waals surface area contributed by atoms with Gasteiger partial charge in [0, 0.05) is 39.3 Å². The van der Waals surface area contributed by atoms with Crippen LogP contribution >= 0.6 is 11.3 Å². The van der Waals surface area contributed by atoms with Gasteiger partial charge in [0.05, 0.1) is 6.54 Å². The highest BCUT2D eigenvalue weighted by molar-refractivity contribution is 7.86. The number of thiophene rings is 1. The van der Waals surface area contributed by atoms with Crippen LogP contribution < -0.4 is 10.6 Å². The van der Waals surface area contributed by atoms with Crippen LogP contribution in [0.3, 0.4) is 0 Å². The molecule has 1 aromatic heterocycles. The number of nitrogens with zero attached hydrogens (tertiary/aromatic N) is 1. The highest BCUT2D eigenvalue weighted by Crippen LogP contribution is 2.25. The zero-order valence-electron chi connectivity index (χ0n) is 14.7. The maximum atomic E-state index is 12.0. The zero-order chi connectivity index (χ0) is 17.5. The van der Waals surface area contributed by atoms with Gasteiger partial charge in [-0.15, -0.1) is 11.3 Å². The topological polar surface area (TPSA) is 73.7 Å². The Kier molecular flexibility index (Phi) is 7.70. The van der Waals surface area contributed by atoms with Gasteiger partial charge in [-0.25, -0.2) is 4.99 Å². The smallest absolute Gasteiger partial charge is 0.191 e. The average Bonchev–Trinajstić information content (AvgIpc) is 2.98. The lowest BCUT2D eigenvalue weighted by molar-refractivity contribution is 0.0711. The Morgan fingerprint density at radius 3 is 2.57 bits per heavy atom. The summed E-state index contributed by atoms with van der Waals surface area (Å²) in [6, 6.07) is 3.83. The standard InChI is InChI=1S/C16H29N3O2S2/c1-6-17-14(18-9-11-23(21)15(2,3)4)19-12-16(5,20)13-8-7-10-22-13/h7-8,10,20H,6,9,11-12H2,1-5H3,(H2,17,18,19). The second kappa shape index (κ2) is 8.80. The van der Waals surface area contributed by atoms with E-state index in [-0.39, 0.29) is 11.3 Å². The van der Waals surface area contributed by atoms with E-state index in [1.807, 2.05) is 45.2 Å². The van der Waals surface area contributed by atoms with E-state index in [4.69, 9.17) is 0 Å². The van der Waals surface area contributed by atoms with Crippen LogP contribution in [0.15, 0.2) is 22.5 Å². The van der Waals surface area contributed by atoms with Gasteiger partial charge in [0.1, 0.15) is 5.60 Å². The number of hydrogen-bond donors (Lipinski definition) is 3. The molecule has 2 atom stereocenters. The molecule has 0 bridgehead atoms. The summed E-state index contributed by atoms with van der Waals surface area (Å²) in [6.07, 6.45) is 0. The molecular weight excluding hydrogens is 330 g/mol. The van der Waals surface area contributed by atoms with Crippen molar-refractivity contribution in [3.63, 3.8) is 0 Å². The maximum Gasteiger partial charge on any atom is 0.191 e. The van der Waals surface area contributed by atoms with Gasteiger partial charge in [-0.1, -0.05) is 6.07 Å². The van der Waals surface area contributed by atoms with Crippen LogP contribution in [0.25, 0.3) is 0 Å². The van der Waals surface area contributed by atoms with Crippen LogP contribution in [0.4, 0.5) is 0 Å². The van der Waals surface area contributed by atoms with E-state index in [2.05, 4.69) is 15.6 Å². The molecule has 0 aliphatic rings. The van der Waals surface area contributed by atoms with Crippen LogP contribution in [0, 0.1) is 0 Å². The van der Waals surface area contributed by atoms with Crippen molar-refractivity contribution in [2.45, 2.75) is 45.0 Å². The molecule has 1 aromatic rings. The Hall–Kier alpha value is -0.920. The van der Waals surface area contributed by atoms with E-state index >= 15 is 0 Å². The second-order valence-electron chi connectivity index (χ2n) is 6.54. The quantitative estimate of drug-likeness (QED) is 0.515. The average molecular weight is 360 g/mol. The molecule has 0 saturated carbocycles. The van der Waals surface area contributed by atoms with Crippen molar-refractivity contribution >= 4 is 28.1 Å². The van der Waals surface area contributed by atoms with Gasteiger partial charge in [-0.2, -0.15) is 0 Å². The van der Waals surface area contributed by atoms with Crippen molar-refractivity contribution in [1.29, 1.82) is 0 Å². The molecule has 1 rings (SSSR count). The third-order valence-electron chi connectivity index (χ3n) is 3.20. The first-order valence-corrected chi connectivity index (χ1v) is 10.0. The largest absolute Gasteiger partial charge is 0.383 e. The minimum atomic E-state index is -0.981. The number of aliphatic hydroxyl groups is 1. The molecule has 0 saturated heterocycles. The molecular formula is C16H29N3O2S2. The minimum absolute atomic E-state index is 0.208. The summed E-state index contributed by atoms with van der Waals surface area (Å²) in [5.41, 5.74) is -0.981. The third-order valence-corrected chi connectivity index (χ3v) is 6.27. The second-order valence-corrected chi connectivity index (χ2v) is 9.81. The van der Waals surface area contributed by atoms with E-state index in [9.17, 15) is 9.32 Å². The number of rotatable bonds is 7. The van der Waals surface area contributed by atoms with E-state index < -0.39 is 16.4 Å². The molecule has 0 amide bonds. The normalized spacial score (nSPS) is 16.7. The summed E-state index contributed by atoms with van der Waals surface area (Å²) in [5.74, 6) is 1.20. The monoisotopic (exact) mass is 359 g/mol. The molecule has 7 heteroatoms. The Labute approximate surface area is 146 Å². The molecule has 23 heavy (non-hydrogen) atoms. The predicted molar refractivity (Wildman–Crippen MR) is 101 cm³/mol. The molecule has 0 spiro atoms. The Bertz CT molecular complexity index is 520. The molecule has 3 N–H and O–H groups in total. The Morgan fingerprint density at radius 2 is 2.04 bits per heavy atom. The SMILES string of the molecule is CCNC(=NCC(C)(O)c1cccs1)NCCS(=O)C(C)(C)C. The Morgan fingerprint density at radius 1 is 1.35 bits per heavy atom. The maximum absolute atomic E-state index is 12.0. The fourth-order valence-corrected chi connectivity index (χ4v) is 3.49. The van der Waals surface area contributed by atoms with Gasteiger partial charge in [0.25, 0.3) is 0 Å². The molecule has 2 unspecified atom stereocenters. The first-order chi connectivity index (χ1) is 10.7. The van der Waals surface area contributed by atoms with Gasteiger partial charge in [0.2, 0.25) is 0 Å². The first kappa shape index (κ1) is 20.1. The molecule has 132 valence electrons. The van der Waals surface area contributed by atoms with E-state index in [1.165, 1.54) is 11.3 Å². The summed E-state index contributed by atoms with van der Waals surface area (Å²) >= 11 is 1.52. The summed E-state index contributed by atoms with van der Waals surface area (Å²) in [7, 11) is -0.896. The van der Waals surface area contributed by atoms with Crippen LogP contribution in [-0.4, -0.2) is 45.4 Å². The van der Waals surface area contributed by atoms with Crippen molar-refractivity contribution in [2.75, 3.05) is 25.4 Å². The summed E-state index contributed by atoms with van der Waals surface area (Å²) in [6.45, 7) is 11.3. The van der Waals surface area contributed by atoms with Crippen LogP contribution in [0.1, 0.15) is 39.5 Å². The molecule has 0 aliphatic carbocycles. The van der Waals surface area contributed by atoms with E-state index in [0.29, 0.717) is 18.3 Å². The molecule has 0 fully saturated rings. The van der Waals surface area contributed by atoms with Crippen molar-refractivity contribution in [2.24, 2.45) is 4.99 Å². The fourth-order valence-electron chi connectivity index (χ4n) is 1.81. The predicted octanol–water partition coefficient (Wildman–Crippen LogP) is 2.06. The van der Waals surface area contributed by atoms with E-state index in [1.54, 1.807) is 6.92 Å². The van der Waals surface area contributed by atoms with Gasteiger partial charge >= 0.3 is 0 Å². The summed E-state index contributed by atoms with van der Waals surface area (Å²) in [4.78, 5) is 5.35. The van der Waals surface area contributed by atoms with Gasteiger partial charge in [-0.3, -0.25) is 4.21 Å². The summed E-state index contributed by atoms with van der Waals surface area (Å²) in [5, 5.41) is 18.8. The molecule has 0 aromatic carbocycles. The van der Waals surface area contributed by atoms with Gasteiger partial charge in [0.15, 0.2) is 5.96 Å². The lowest BCUT2D eigenvalue weighted by atomic mass is 10.1. The number of nitrogens with one attached hydrogen (secondary N) is 2. The molecule has 5 nitrogen and oxygen atoms in total. The first-order valence-electron chi connectivity index (χ1n) is 7.84. The number of hydrogen-bond acceptors (Lipinski definition) is 4. The lowest BCUT2D eigenvalue weighted by Gasteiger charge is -2.21. The third kappa shape index (κ3) is 7.01. The Balaban J connectivity index is 2.58. The van der Waals surface area contributed by atoms with Crippen molar-refractivity contribution < 1.29 is 9.32 Å². The number of aliphatic imine (C=N–C) groups is 1. The highest BCUT2D eigenvalue weighted by atomic mass is 32.2. The number of guanidine groups is 1. The van der Waals surface area contributed by atoms with Crippen LogP contribution in [0.5, 0.6) is 0 Å². The van der Waals surface area contributed by atoms with Crippen LogP contribution in [0.2, 0.25) is 0 Å². The van der Waals surface area contributed by atoms with Gasteiger partial charge < -0.3 is 15.7 Å².